The van der Waals surface area contributed by atoms with Crippen molar-refractivity contribution in [3.8, 4) is 0 Å². The Hall–Kier alpha value is -1.68. The Kier molecular flexibility index (Phi) is 5.93. The molecule has 2 aromatic carbocycles. The molecule has 0 aromatic heterocycles. The van der Waals surface area contributed by atoms with Gasteiger partial charge in [0.1, 0.15) is 0 Å². The van der Waals surface area contributed by atoms with Crippen LogP contribution in [0.4, 0.5) is 0 Å². The maximum Gasteiger partial charge on any atom is 0.0984 e. The van der Waals surface area contributed by atoms with Crippen molar-refractivity contribution in [3.63, 3.8) is 0 Å². The molecule has 0 aliphatic heterocycles. The minimum Gasteiger partial charge on any atom is -0.393 e. The Morgan fingerprint density at radius 2 is 1.38 bits per heavy atom. The molecule has 0 fully saturated rings. The van der Waals surface area contributed by atoms with E-state index in [0.29, 0.717) is 13.0 Å². The summed E-state index contributed by atoms with van der Waals surface area (Å²) in [4.78, 5) is 0. The maximum absolute atomic E-state index is 10.7. The molecule has 0 aliphatic carbocycles. The summed E-state index contributed by atoms with van der Waals surface area (Å²) in [6.07, 6.45) is -0.310. The summed E-state index contributed by atoms with van der Waals surface area (Å²) in [5, 5.41) is 23.4. The Balaban J connectivity index is 2.15. The fourth-order valence-electron chi connectivity index (χ4n) is 2.36. The summed E-state index contributed by atoms with van der Waals surface area (Å²) >= 11 is 0. The lowest BCUT2D eigenvalue weighted by atomic mass is 9.95. The highest BCUT2D eigenvalue weighted by molar-refractivity contribution is 5.26. The number of hydrogen-bond donors (Lipinski definition) is 3. The molecule has 112 valence electrons. The molecule has 0 bridgehead atoms. The second-order valence-electron chi connectivity index (χ2n) is 5.34. The molecule has 0 saturated carbocycles. The van der Waals surface area contributed by atoms with Crippen LogP contribution in [0.2, 0.25) is 0 Å². The van der Waals surface area contributed by atoms with Gasteiger partial charge < -0.3 is 15.5 Å². The van der Waals surface area contributed by atoms with Gasteiger partial charge in [-0.3, -0.25) is 0 Å². The largest absolute Gasteiger partial charge is 0.393 e. The number of hydrogen-bond acceptors (Lipinski definition) is 3. The van der Waals surface area contributed by atoms with Crippen LogP contribution in [0, 0.1) is 0 Å². The van der Waals surface area contributed by atoms with E-state index in [4.69, 9.17) is 0 Å². The highest BCUT2D eigenvalue weighted by atomic mass is 16.3. The second-order valence-corrected chi connectivity index (χ2v) is 5.34. The van der Waals surface area contributed by atoms with E-state index < -0.39 is 6.10 Å². The van der Waals surface area contributed by atoms with Gasteiger partial charge in [0.2, 0.25) is 0 Å². The topological polar surface area (TPSA) is 52.5 Å². The summed E-state index contributed by atoms with van der Waals surface area (Å²) < 4.78 is 0. The molecule has 0 radical (unpaired) electrons. The van der Waals surface area contributed by atoms with E-state index in [-0.39, 0.29) is 12.1 Å². The first-order chi connectivity index (χ1) is 10.2. The van der Waals surface area contributed by atoms with Crippen LogP contribution in [0.25, 0.3) is 0 Å². The summed E-state index contributed by atoms with van der Waals surface area (Å²) in [5.41, 5.74) is 1.93. The van der Waals surface area contributed by atoms with Gasteiger partial charge in [0.05, 0.1) is 18.2 Å². The first-order valence-electron chi connectivity index (χ1n) is 7.38. The van der Waals surface area contributed by atoms with Crippen LogP contribution in [-0.2, 0) is 0 Å². The van der Waals surface area contributed by atoms with Crippen LogP contribution >= 0.6 is 0 Å². The van der Waals surface area contributed by atoms with Gasteiger partial charge in [-0.15, -0.1) is 0 Å². The number of aliphatic hydroxyl groups is 2. The first kappa shape index (κ1) is 15.7. The molecule has 3 atom stereocenters. The van der Waals surface area contributed by atoms with Crippen molar-refractivity contribution >= 4 is 0 Å². The van der Waals surface area contributed by atoms with Crippen molar-refractivity contribution in [2.45, 2.75) is 31.6 Å². The predicted octanol–water partition coefficient (Wildman–Crippen LogP) is 2.82. The minimum atomic E-state index is -0.623. The zero-order chi connectivity index (χ0) is 15.1. The molecule has 0 amide bonds. The molecule has 0 spiro atoms. The molecule has 0 heterocycles. The van der Waals surface area contributed by atoms with Crippen molar-refractivity contribution in [1.29, 1.82) is 0 Å². The highest BCUT2D eigenvalue weighted by Crippen LogP contribution is 2.28. The summed E-state index contributed by atoms with van der Waals surface area (Å²) in [6.45, 7) is 2.42. The maximum atomic E-state index is 10.7. The van der Waals surface area contributed by atoms with Crippen molar-refractivity contribution in [1.82, 2.24) is 5.32 Å². The van der Waals surface area contributed by atoms with Crippen LogP contribution < -0.4 is 5.32 Å². The molecule has 3 nitrogen and oxygen atoms in total. The van der Waals surface area contributed by atoms with E-state index in [1.54, 1.807) is 6.92 Å². The molecule has 0 saturated heterocycles. The Labute approximate surface area is 126 Å². The van der Waals surface area contributed by atoms with Gasteiger partial charge in [-0.1, -0.05) is 60.7 Å². The van der Waals surface area contributed by atoms with Crippen molar-refractivity contribution in [3.05, 3.63) is 71.8 Å². The van der Waals surface area contributed by atoms with Gasteiger partial charge in [-0.2, -0.15) is 0 Å². The zero-order valence-electron chi connectivity index (χ0n) is 12.3. The third-order valence-electron chi connectivity index (χ3n) is 3.54. The van der Waals surface area contributed by atoms with Gasteiger partial charge in [0, 0.05) is 0 Å². The van der Waals surface area contributed by atoms with Crippen molar-refractivity contribution < 1.29 is 10.2 Å². The van der Waals surface area contributed by atoms with Gasteiger partial charge in [-0.05, 0) is 31.0 Å². The van der Waals surface area contributed by atoms with Gasteiger partial charge in [-0.25, -0.2) is 0 Å². The quantitative estimate of drug-likeness (QED) is 0.733. The van der Waals surface area contributed by atoms with E-state index in [1.807, 2.05) is 60.7 Å². The molecule has 3 heteroatoms. The smallest absolute Gasteiger partial charge is 0.0984 e. The molecule has 0 unspecified atom stereocenters. The highest BCUT2D eigenvalue weighted by Gasteiger charge is 2.21. The number of nitrogens with one attached hydrogen (secondary N) is 1. The normalized spacial score (nSPS) is 15.4. The molecule has 2 rings (SSSR count). The number of rotatable bonds is 7. The minimum absolute atomic E-state index is 0.188. The monoisotopic (exact) mass is 285 g/mol. The van der Waals surface area contributed by atoms with E-state index in [2.05, 4.69) is 5.32 Å². The fraction of sp³-hybridized carbons (Fsp3) is 0.333. The van der Waals surface area contributed by atoms with Gasteiger partial charge in [0.15, 0.2) is 0 Å². The average molecular weight is 285 g/mol. The molecule has 0 aliphatic rings. The summed E-state index contributed by atoms with van der Waals surface area (Å²) in [7, 11) is 0. The molecule has 21 heavy (non-hydrogen) atoms. The second kappa shape index (κ2) is 7.93. The van der Waals surface area contributed by atoms with E-state index >= 15 is 0 Å². The van der Waals surface area contributed by atoms with Crippen LogP contribution in [-0.4, -0.2) is 22.9 Å². The number of benzene rings is 2. The fourth-order valence-corrected chi connectivity index (χ4v) is 2.36. The van der Waals surface area contributed by atoms with Gasteiger partial charge in [0.25, 0.3) is 0 Å². The molecule has 2 aromatic rings. The lowest BCUT2D eigenvalue weighted by Gasteiger charge is -2.25. The summed E-state index contributed by atoms with van der Waals surface area (Å²) in [5.74, 6) is 0. The predicted molar refractivity (Wildman–Crippen MR) is 84.9 cm³/mol. The van der Waals surface area contributed by atoms with E-state index in [0.717, 1.165) is 11.1 Å². The Bertz CT molecular complexity index is 513. The van der Waals surface area contributed by atoms with Crippen LogP contribution in [0.1, 0.15) is 36.6 Å². The summed E-state index contributed by atoms with van der Waals surface area (Å²) in [6, 6.07) is 19.4. The number of aliphatic hydroxyl groups excluding tert-OH is 2. The van der Waals surface area contributed by atoms with Crippen molar-refractivity contribution in [2.75, 3.05) is 6.54 Å². The lowest BCUT2D eigenvalue weighted by Crippen LogP contribution is -2.29. The lowest BCUT2D eigenvalue weighted by molar-refractivity contribution is 0.122. The average Bonchev–Trinajstić information content (AvgIpc) is 2.52. The zero-order valence-corrected chi connectivity index (χ0v) is 12.3. The van der Waals surface area contributed by atoms with Crippen LogP contribution in [0.3, 0.4) is 0 Å². The van der Waals surface area contributed by atoms with Crippen LogP contribution in [0.15, 0.2) is 60.7 Å². The standard InChI is InChI=1S/C18H23NO2/c1-14(20)12-13-19-17(15-8-4-2-5-9-15)18(21)16-10-6-3-7-11-16/h2-11,14,17-21H,12-13H2,1H3/t14-,17-,18-/m1/s1. The van der Waals surface area contributed by atoms with Crippen LogP contribution in [0.5, 0.6) is 0 Å². The molecule has 3 N–H and O–H groups in total. The third kappa shape index (κ3) is 4.67. The first-order valence-corrected chi connectivity index (χ1v) is 7.38. The van der Waals surface area contributed by atoms with E-state index in [1.165, 1.54) is 0 Å². The Morgan fingerprint density at radius 1 is 0.857 bits per heavy atom. The van der Waals surface area contributed by atoms with E-state index in [9.17, 15) is 10.2 Å². The molecular formula is C18H23NO2. The SMILES string of the molecule is C[C@@H](O)CCN[C@H](c1ccccc1)[C@H](O)c1ccccc1. The third-order valence-corrected chi connectivity index (χ3v) is 3.54. The molecular weight excluding hydrogens is 262 g/mol. The van der Waals surface area contributed by atoms with Crippen molar-refractivity contribution in [2.24, 2.45) is 0 Å². The Morgan fingerprint density at radius 3 is 1.90 bits per heavy atom. The van der Waals surface area contributed by atoms with Gasteiger partial charge >= 0.3 is 0 Å².